The Hall–Kier alpha value is -2.56. The van der Waals surface area contributed by atoms with E-state index in [0.29, 0.717) is 18.9 Å². The summed E-state index contributed by atoms with van der Waals surface area (Å²) in [4.78, 5) is 16.8. The fourth-order valence-electron chi connectivity index (χ4n) is 3.68. The minimum Gasteiger partial charge on any atom is -0.473 e. The van der Waals surface area contributed by atoms with E-state index >= 15 is 0 Å². The van der Waals surface area contributed by atoms with Gasteiger partial charge in [0.15, 0.2) is 26.5 Å². The van der Waals surface area contributed by atoms with E-state index < -0.39 is 38.7 Å². The minimum atomic E-state index is -3.63. The summed E-state index contributed by atoms with van der Waals surface area (Å²) < 4.78 is 59.0. The highest BCUT2D eigenvalue weighted by molar-refractivity contribution is 7.92. The lowest BCUT2D eigenvalue weighted by Gasteiger charge is -2.20. The smallest absolute Gasteiger partial charge is 0.271 e. The number of nitrogens with zero attached hydrogens (tertiary/aromatic N) is 1. The van der Waals surface area contributed by atoms with E-state index in [4.69, 9.17) is 16.3 Å². The molecule has 4 rings (SSSR count). The van der Waals surface area contributed by atoms with Crippen molar-refractivity contribution in [3.05, 3.63) is 70.2 Å². The molecule has 3 aromatic rings. The molecule has 6 nitrogen and oxygen atoms in total. The molecule has 0 spiro atoms. The summed E-state index contributed by atoms with van der Waals surface area (Å²) in [5, 5.41) is 3.74. The van der Waals surface area contributed by atoms with Crippen LogP contribution in [-0.4, -0.2) is 24.6 Å². The Morgan fingerprint density at radius 3 is 2.61 bits per heavy atom. The van der Waals surface area contributed by atoms with Gasteiger partial charge in [0.1, 0.15) is 12.0 Å². The van der Waals surface area contributed by atoms with Crippen molar-refractivity contribution < 1.29 is 26.7 Å². The number of thiazole rings is 1. The van der Waals surface area contributed by atoms with Crippen LogP contribution in [0.1, 0.15) is 37.4 Å². The van der Waals surface area contributed by atoms with Gasteiger partial charge in [-0.15, -0.1) is 11.3 Å². The highest BCUT2D eigenvalue weighted by Gasteiger charge is 2.33. The van der Waals surface area contributed by atoms with Crippen molar-refractivity contribution in [2.45, 2.75) is 41.9 Å². The molecule has 1 heterocycles. The highest BCUT2D eigenvalue weighted by Crippen LogP contribution is 2.35. The van der Waals surface area contributed by atoms with E-state index in [2.05, 4.69) is 16.5 Å². The lowest BCUT2D eigenvalue weighted by Crippen LogP contribution is -2.26. The number of carbonyl (C=O) groups excluding carboxylic acids is 1. The SMILES string of the molecule is O=C(Nc1n[c]cs1)C(Oc1ccc(F)cc1F)c1ccc(S(=O)(=O)C2CCCC2)c(Cl)c1. The van der Waals surface area contributed by atoms with E-state index in [1.54, 1.807) is 0 Å². The molecule has 1 aromatic heterocycles. The van der Waals surface area contributed by atoms with Crippen molar-refractivity contribution in [3.63, 3.8) is 0 Å². The summed E-state index contributed by atoms with van der Waals surface area (Å²) in [7, 11) is -3.63. The summed E-state index contributed by atoms with van der Waals surface area (Å²) in [6, 6.07) is 6.71. The average molecular weight is 512 g/mol. The zero-order valence-corrected chi connectivity index (χ0v) is 19.4. The van der Waals surface area contributed by atoms with Gasteiger partial charge in [0.05, 0.1) is 15.2 Å². The summed E-state index contributed by atoms with van der Waals surface area (Å²) >= 11 is 7.45. The number of halogens is 3. The lowest BCUT2D eigenvalue weighted by molar-refractivity contribution is -0.123. The number of carbonyl (C=O) groups is 1. The number of amides is 1. The first-order chi connectivity index (χ1) is 15.8. The van der Waals surface area contributed by atoms with Crippen LogP contribution in [-0.2, 0) is 14.6 Å². The molecule has 1 atom stereocenters. The maximum atomic E-state index is 14.2. The third-order valence-corrected chi connectivity index (χ3v) is 8.69. The Morgan fingerprint density at radius 1 is 1.21 bits per heavy atom. The van der Waals surface area contributed by atoms with Crippen molar-refractivity contribution in [3.8, 4) is 5.75 Å². The number of rotatable bonds is 7. The molecule has 1 N–H and O–H groups in total. The van der Waals surface area contributed by atoms with Crippen LogP contribution in [0.4, 0.5) is 13.9 Å². The van der Waals surface area contributed by atoms with Gasteiger partial charge in [-0.3, -0.25) is 10.1 Å². The van der Waals surface area contributed by atoms with Gasteiger partial charge in [-0.1, -0.05) is 30.5 Å². The van der Waals surface area contributed by atoms with Gasteiger partial charge in [-0.05, 0) is 37.1 Å². The summed E-state index contributed by atoms with van der Waals surface area (Å²) in [6.07, 6.45) is 3.97. The van der Waals surface area contributed by atoms with Crippen LogP contribution in [0.2, 0.25) is 5.02 Å². The van der Waals surface area contributed by atoms with E-state index in [1.807, 2.05) is 0 Å². The van der Waals surface area contributed by atoms with Gasteiger partial charge in [0.2, 0.25) is 6.10 Å². The van der Waals surface area contributed by atoms with Crippen LogP contribution in [0.25, 0.3) is 0 Å². The van der Waals surface area contributed by atoms with Gasteiger partial charge in [0, 0.05) is 17.0 Å². The van der Waals surface area contributed by atoms with Crippen molar-refractivity contribution >= 4 is 43.8 Å². The number of ether oxygens (including phenoxy) is 1. The van der Waals surface area contributed by atoms with Crippen LogP contribution >= 0.6 is 22.9 Å². The fourth-order valence-corrected chi connectivity index (χ4v) is 6.58. The van der Waals surface area contributed by atoms with Crippen molar-refractivity contribution in [1.82, 2.24) is 4.98 Å². The zero-order chi connectivity index (χ0) is 23.6. The quantitative estimate of drug-likeness (QED) is 0.462. The van der Waals surface area contributed by atoms with Gasteiger partial charge in [0.25, 0.3) is 5.91 Å². The van der Waals surface area contributed by atoms with Crippen LogP contribution in [0.15, 0.2) is 46.7 Å². The van der Waals surface area contributed by atoms with Crippen LogP contribution in [0.5, 0.6) is 5.75 Å². The maximum absolute atomic E-state index is 14.2. The number of hydrogen-bond donors (Lipinski definition) is 1. The van der Waals surface area contributed by atoms with E-state index in [9.17, 15) is 22.0 Å². The summed E-state index contributed by atoms with van der Waals surface area (Å²) in [5.74, 6) is -2.86. The normalized spacial score (nSPS) is 15.4. The second kappa shape index (κ2) is 9.74. The third kappa shape index (κ3) is 5.18. The first kappa shape index (κ1) is 23.6. The Balaban J connectivity index is 1.68. The predicted molar refractivity (Wildman–Crippen MR) is 120 cm³/mol. The second-order valence-corrected chi connectivity index (χ2v) is 10.9. The molecule has 1 fully saturated rings. The molecule has 1 aliphatic rings. The molecular weight excluding hydrogens is 494 g/mol. The molecule has 1 aliphatic carbocycles. The molecule has 0 saturated heterocycles. The number of aromatic nitrogens is 1. The van der Waals surface area contributed by atoms with Crippen LogP contribution in [0.3, 0.4) is 0 Å². The van der Waals surface area contributed by atoms with Crippen LogP contribution in [0, 0.1) is 17.8 Å². The number of nitrogens with one attached hydrogen (secondary N) is 1. The third-order valence-electron chi connectivity index (χ3n) is 5.30. The van der Waals surface area contributed by atoms with Gasteiger partial charge in [-0.2, -0.15) is 0 Å². The second-order valence-electron chi connectivity index (χ2n) is 7.48. The fraction of sp³-hybridized carbons (Fsp3) is 0.273. The summed E-state index contributed by atoms with van der Waals surface area (Å²) in [6.45, 7) is 0. The molecule has 173 valence electrons. The van der Waals surface area contributed by atoms with Crippen molar-refractivity contribution in [2.24, 2.45) is 0 Å². The molecule has 1 amide bonds. The van der Waals surface area contributed by atoms with Crippen molar-refractivity contribution in [1.29, 1.82) is 0 Å². The van der Waals surface area contributed by atoms with Gasteiger partial charge < -0.3 is 4.74 Å². The Morgan fingerprint density at radius 2 is 1.97 bits per heavy atom. The molecule has 1 radical (unpaired) electrons. The first-order valence-electron chi connectivity index (χ1n) is 10.0. The molecule has 33 heavy (non-hydrogen) atoms. The number of sulfone groups is 1. The van der Waals surface area contributed by atoms with Crippen molar-refractivity contribution in [2.75, 3.05) is 5.32 Å². The highest BCUT2D eigenvalue weighted by atomic mass is 35.5. The Labute approximate surface area is 198 Å². The Bertz CT molecular complexity index is 1260. The topological polar surface area (TPSA) is 85.4 Å². The maximum Gasteiger partial charge on any atom is 0.271 e. The lowest BCUT2D eigenvalue weighted by atomic mass is 10.1. The number of hydrogen-bond acceptors (Lipinski definition) is 6. The molecule has 0 bridgehead atoms. The standard InChI is InChI=1S/C22H18ClF2N2O4S2/c23-16-11-13(5-8-19(16)33(29,30)15-3-1-2-4-15)20(21(28)27-22-26-9-10-32-22)31-18-7-6-14(24)12-17(18)25/h5-8,10-12,15,20H,1-4H2,(H,26,27,28). The number of benzene rings is 2. The molecule has 2 aromatic carbocycles. The summed E-state index contributed by atoms with van der Waals surface area (Å²) in [5.41, 5.74) is 0.187. The monoisotopic (exact) mass is 511 g/mol. The average Bonchev–Trinajstić information content (AvgIpc) is 3.47. The minimum absolute atomic E-state index is 0.0264. The Kier molecular flexibility index (Phi) is 6.96. The van der Waals surface area contributed by atoms with Gasteiger partial charge >= 0.3 is 0 Å². The first-order valence-corrected chi connectivity index (χ1v) is 12.8. The van der Waals surface area contributed by atoms with E-state index in [-0.39, 0.29) is 26.4 Å². The molecule has 1 saturated carbocycles. The zero-order valence-electron chi connectivity index (χ0n) is 17.1. The van der Waals surface area contributed by atoms with E-state index in [1.165, 1.54) is 23.6 Å². The predicted octanol–water partition coefficient (Wildman–Crippen LogP) is 5.35. The molecule has 0 aliphatic heterocycles. The largest absolute Gasteiger partial charge is 0.473 e. The molecular formula is C22H18ClF2N2O4S2. The molecule has 11 heteroatoms. The number of anilines is 1. The van der Waals surface area contributed by atoms with Gasteiger partial charge in [-0.25, -0.2) is 22.2 Å². The molecule has 1 unspecified atom stereocenters. The van der Waals surface area contributed by atoms with E-state index in [0.717, 1.165) is 36.3 Å². The van der Waals surface area contributed by atoms with Crippen LogP contribution < -0.4 is 10.1 Å².